The highest BCUT2D eigenvalue weighted by Gasteiger charge is 2.14. The third kappa shape index (κ3) is 6.41. The molecular weight excluding hydrogens is 455 g/mol. The highest BCUT2D eigenvalue weighted by Crippen LogP contribution is 2.26. The predicted octanol–water partition coefficient (Wildman–Crippen LogP) is 5.26. The molecule has 0 fully saturated rings. The summed E-state index contributed by atoms with van der Waals surface area (Å²) in [4.78, 5) is 24.4. The maximum absolute atomic E-state index is 12.2. The molecule has 0 radical (unpaired) electrons. The molecule has 144 valence electrons. The summed E-state index contributed by atoms with van der Waals surface area (Å²) in [5.74, 6) is 0.191. The summed E-state index contributed by atoms with van der Waals surface area (Å²) in [6.45, 7) is 4.84. The Balaban J connectivity index is 1.95. The standard InChI is InChI=1S/C19H19BrCl2N2O3/c1-11(2)7-8-27-17-6-3-12(9-15(17)20)18(25)23-24-19(26)14-5-4-13(21)10-16(14)22/h3-6,9-11H,7-8H2,1-2H3,(H,23,25)(H,24,26). The van der Waals surface area contributed by atoms with Crippen LogP contribution in [0.4, 0.5) is 0 Å². The summed E-state index contributed by atoms with van der Waals surface area (Å²) in [5, 5.41) is 0.612. The van der Waals surface area contributed by atoms with Gasteiger partial charge in [0.15, 0.2) is 0 Å². The molecule has 8 heteroatoms. The Kier molecular flexibility index (Phi) is 7.95. The first-order chi connectivity index (χ1) is 12.8. The van der Waals surface area contributed by atoms with Gasteiger partial charge in [0, 0.05) is 10.6 Å². The lowest BCUT2D eigenvalue weighted by Crippen LogP contribution is -2.41. The molecular formula is C19H19BrCl2N2O3. The Morgan fingerprint density at radius 2 is 1.78 bits per heavy atom. The van der Waals surface area contributed by atoms with Crippen molar-refractivity contribution in [2.45, 2.75) is 20.3 Å². The Labute approximate surface area is 176 Å². The third-order valence-electron chi connectivity index (χ3n) is 3.61. The van der Waals surface area contributed by atoms with Gasteiger partial charge in [-0.3, -0.25) is 20.4 Å². The fraction of sp³-hybridized carbons (Fsp3) is 0.263. The molecule has 0 unspecified atom stereocenters. The number of hydrazine groups is 1. The smallest absolute Gasteiger partial charge is 0.271 e. The Morgan fingerprint density at radius 1 is 1.07 bits per heavy atom. The van der Waals surface area contributed by atoms with Gasteiger partial charge in [-0.2, -0.15) is 0 Å². The fourth-order valence-electron chi connectivity index (χ4n) is 2.09. The zero-order valence-corrected chi connectivity index (χ0v) is 17.9. The van der Waals surface area contributed by atoms with Gasteiger partial charge in [0.2, 0.25) is 0 Å². The summed E-state index contributed by atoms with van der Waals surface area (Å²) < 4.78 is 6.35. The number of hydrogen-bond donors (Lipinski definition) is 2. The minimum Gasteiger partial charge on any atom is -0.492 e. The van der Waals surface area contributed by atoms with Crippen LogP contribution >= 0.6 is 39.1 Å². The summed E-state index contributed by atoms with van der Waals surface area (Å²) >= 11 is 15.2. The van der Waals surface area contributed by atoms with E-state index in [2.05, 4.69) is 40.6 Å². The molecule has 0 aliphatic carbocycles. The maximum Gasteiger partial charge on any atom is 0.271 e. The zero-order chi connectivity index (χ0) is 20.0. The quantitative estimate of drug-likeness (QED) is 0.562. The monoisotopic (exact) mass is 472 g/mol. The first-order valence-electron chi connectivity index (χ1n) is 8.26. The Morgan fingerprint density at radius 3 is 2.41 bits per heavy atom. The van der Waals surface area contributed by atoms with Crippen LogP contribution in [0.1, 0.15) is 41.0 Å². The van der Waals surface area contributed by atoms with Crippen LogP contribution in [-0.2, 0) is 0 Å². The van der Waals surface area contributed by atoms with E-state index in [0.29, 0.717) is 33.3 Å². The molecule has 2 rings (SSSR count). The van der Waals surface area contributed by atoms with Crippen molar-refractivity contribution < 1.29 is 14.3 Å². The lowest BCUT2D eigenvalue weighted by atomic mass is 10.1. The van der Waals surface area contributed by atoms with E-state index in [-0.39, 0.29) is 10.6 Å². The van der Waals surface area contributed by atoms with Crippen molar-refractivity contribution in [3.05, 3.63) is 62.0 Å². The number of benzene rings is 2. The molecule has 2 aromatic carbocycles. The molecule has 5 nitrogen and oxygen atoms in total. The van der Waals surface area contributed by atoms with E-state index in [0.717, 1.165) is 6.42 Å². The van der Waals surface area contributed by atoms with Crippen molar-refractivity contribution in [3.63, 3.8) is 0 Å². The van der Waals surface area contributed by atoms with Gasteiger partial charge in [-0.25, -0.2) is 0 Å². The number of carbonyl (C=O) groups excluding carboxylic acids is 2. The van der Waals surface area contributed by atoms with Gasteiger partial charge < -0.3 is 4.74 Å². The lowest BCUT2D eigenvalue weighted by molar-refractivity contribution is 0.0846. The summed E-state index contributed by atoms with van der Waals surface area (Å²) in [5.41, 5.74) is 5.24. The van der Waals surface area contributed by atoms with Gasteiger partial charge in [-0.15, -0.1) is 0 Å². The lowest BCUT2D eigenvalue weighted by Gasteiger charge is -2.12. The molecule has 0 atom stereocenters. The summed E-state index contributed by atoms with van der Waals surface area (Å²) in [6, 6.07) is 9.42. The Bertz CT molecular complexity index is 844. The van der Waals surface area contributed by atoms with Crippen LogP contribution in [0.2, 0.25) is 10.0 Å². The van der Waals surface area contributed by atoms with Crippen molar-refractivity contribution >= 4 is 50.9 Å². The summed E-state index contributed by atoms with van der Waals surface area (Å²) in [6.07, 6.45) is 0.938. The van der Waals surface area contributed by atoms with Gasteiger partial charge in [0.05, 0.1) is 21.7 Å². The fourth-order valence-corrected chi connectivity index (χ4v) is 3.08. The van der Waals surface area contributed by atoms with Crippen molar-refractivity contribution in [2.75, 3.05) is 6.61 Å². The molecule has 0 aromatic heterocycles. The molecule has 2 amide bonds. The zero-order valence-electron chi connectivity index (χ0n) is 14.8. The largest absolute Gasteiger partial charge is 0.492 e. The van der Waals surface area contributed by atoms with E-state index in [9.17, 15) is 9.59 Å². The first kappa shape index (κ1) is 21.5. The molecule has 0 saturated carbocycles. The molecule has 0 aliphatic rings. The van der Waals surface area contributed by atoms with Crippen LogP contribution in [0.3, 0.4) is 0 Å². The van der Waals surface area contributed by atoms with E-state index in [1.807, 2.05) is 0 Å². The molecule has 27 heavy (non-hydrogen) atoms. The van der Waals surface area contributed by atoms with Gasteiger partial charge in [0.25, 0.3) is 11.8 Å². The van der Waals surface area contributed by atoms with E-state index in [1.54, 1.807) is 24.3 Å². The number of rotatable bonds is 6. The second-order valence-corrected chi connectivity index (χ2v) is 7.91. The average Bonchev–Trinajstić information content (AvgIpc) is 2.60. The SMILES string of the molecule is CC(C)CCOc1ccc(C(=O)NNC(=O)c2ccc(Cl)cc2Cl)cc1Br. The predicted molar refractivity (Wildman–Crippen MR) is 110 cm³/mol. The van der Waals surface area contributed by atoms with E-state index in [4.69, 9.17) is 27.9 Å². The highest BCUT2D eigenvalue weighted by molar-refractivity contribution is 9.10. The van der Waals surface area contributed by atoms with Crippen LogP contribution < -0.4 is 15.6 Å². The minimum absolute atomic E-state index is 0.194. The van der Waals surface area contributed by atoms with Gasteiger partial charge in [-0.05, 0) is 64.7 Å². The second-order valence-electron chi connectivity index (χ2n) is 6.21. The van der Waals surface area contributed by atoms with Crippen LogP contribution in [0, 0.1) is 5.92 Å². The van der Waals surface area contributed by atoms with Crippen LogP contribution in [0.5, 0.6) is 5.75 Å². The normalized spacial score (nSPS) is 10.6. The number of ether oxygens (including phenoxy) is 1. The Hall–Kier alpha value is -1.76. The molecule has 0 saturated heterocycles. The van der Waals surface area contributed by atoms with Gasteiger partial charge in [0.1, 0.15) is 5.75 Å². The van der Waals surface area contributed by atoms with E-state index >= 15 is 0 Å². The second kappa shape index (κ2) is 9.97. The molecule has 2 N–H and O–H groups in total. The minimum atomic E-state index is -0.544. The first-order valence-corrected chi connectivity index (χ1v) is 9.81. The number of amides is 2. The molecule has 0 heterocycles. The van der Waals surface area contributed by atoms with Crippen LogP contribution in [-0.4, -0.2) is 18.4 Å². The van der Waals surface area contributed by atoms with Crippen LogP contribution in [0.25, 0.3) is 0 Å². The molecule has 0 spiro atoms. The third-order valence-corrected chi connectivity index (χ3v) is 4.78. The molecule has 0 bridgehead atoms. The summed E-state index contributed by atoms with van der Waals surface area (Å²) in [7, 11) is 0. The number of carbonyl (C=O) groups is 2. The van der Waals surface area contributed by atoms with Crippen LogP contribution in [0.15, 0.2) is 40.9 Å². The van der Waals surface area contributed by atoms with Crippen molar-refractivity contribution in [1.82, 2.24) is 10.9 Å². The van der Waals surface area contributed by atoms with Gasteiger partial charge >= 0.3 is 0 Å². The van der Waals surface area contributed by atoms with E-state index in [1.165, 1.54) is 12.1 Å². The van der Waals surface area contributed by atoms with Crippen molar-refractivity contribution in [1.29, 1.82) is 0 Å². The van der Waals surface area contributed by atoms with Crippen molar-refractivity contribution in [2.24, 2.45) is 5.92 Å². The number of nitrogens with one attached hydrogen (secondary N) is 2. The number of halogens is 3. The average molecular weight is 474 g/mol. The highest BCUT2D eigenvalue weighted by atomic mass is 79.9. The molecule has 2 aromatic rings. The number of hydrogen-bond acceptors (Lipinski definition) is 3. The van der Waals surface area contributed by atoms with Gasteiger partial charge in [-0.1, -0.05) is 37.0 Å². The topological polar surface area (TPSA) is 67.4 Å². The van der Waals surface area contributed by atoms with E-state index < -0.39 is 11.8 Å². The molecule has 0 aliphatic heterocycles. The van der Waals surface area contributed by atoms with Crippen molar-refractivity contribution in [3.8, 4) is 5.75 Å². The maximum atomic E-state index is 12.2.